The van der Waals surface area contributed by atoms with Crippen LogP contribution in [0.5, 0.6) is 0 Å². The van der Waals surface area contributed by atoms with Gasteiger partial charge in [0, 0.05) is 19.0 Å². The Bertz CT molecular complexity index is 200. The molecule has 1 heterocycles. The SMILES string of the molecule is ClCCOCCN1CCC2CCCCC2C1. The van der Waals surface area contributed by atoms with E-state index < -0.39 is 0 Å². The molecule has 2 rings (SSSR count). The maximum absolute atomic E-state index is 5.58. The number of likely N-dealkylation sites (tertiary alicyclic amines) is 1. The van der Waals surface area contributed by atoms with Crippen molar-refractivity contribution in [1.82, 2.24) is 4.90 Å². The maximum atomic E-state index is 5.58. The summed E-state index contributed by atoms with van der Waals surface area (Å²) in [6, 6.07) is 0. The van der Waals surface area contributed by atoms with Crippen LogP contribution < -0.4 is 0 Å². The highest BCUT2D eigenvalue weighted by Crippen LogP contribution is 2.35. The first kappa shape index (κ1) is 12.7. The van der Waals surface area contributed by atoms with Crippen LogP contribution >= 0.6 is 11.6 Å². The Morgan fingerprint density at radius 2 is 1.88 bits per heavy atom. The predicted molar refractivity (Wildman–Crippen MR) is 68.0 cm³/mol. The lowest BCUT2D eigenvalue weighted by atomic mass is 9.75. The Kier molecular flexibility index (Phi) is 5.40. The van der Waals surface area contributed by atoms with Crippen LogP contribution in [0.1, 0.15) is 32.1 Å². The number of halogens is 1. The fraction of sp³-hybridized carbons (Fsp3) is 1.00. The average molecular weight is 246 g/mol. The van der Waals surface area contributed by atoms with Gasteiger partial charge in [0.2, 0.25) is 0 Å². The monoisotopic (exact) mass is 245 g/mol. The van der Waals surface area contributed by atoms with E-state index in [2.05, 4.69) is 4.90 Å². The molecule has 0 N–H and O–H groups in total. The minimum atomic E-state index is 0.616. The fourth-order valence-corrected chi connectivity index (χ4v) is 3.34. The molecule has 16 heavy (non-hydrogen) atoms. The summed E-state index contributed by atoms with van der Waals surface area (Å²) in [6.45, 7) is 5.24. The number of ether oxygens (including phenoxy) is 1. The standard InChI is InChI=1S/C13H24ClNO/c14-6-9-16-10-8-15-7-5-12-3-1-2-4-13(12)11-15/h12-13H,1-11H2. The summed E-state index contributed by atoms with van der Waals surface area (Å²) in [4.78, 5) is 2.58. The van der Waals surface area contributed by atoms with Crippen LogP contribution in [0.15, 0.2) is 0 Å². The molecule has 1 saturated carbocycles. The van der Waals surface area contributed by atoms with E-state index in [4.69, 9.17) is 16.3 Å². The first-order valence-corrected chi connectivity index (χ1v) is 7.29. The molecule has 2 unspecified atom stereocenters. The minimum absolute atomic E-state index is 0.616. The van der Waals surface area contributed by atoms with Gasteiger partial charge in [-0.15, -0.1) is 11.6 Å². The van der Waals surface area contributed by atoms with Gasteiger partial charge in [-0.2, -0.15) is 0 Å². The molecule has 0 amide bonds. The van der Waals surface area contributed by atoms with E-state index in [1.807, 2.05) is 0 Å². The van der Waals surface area contributed by atoms with Crippen molar-refractivity contribution in [1.29, 1.82) is 0 Å². The summed E-state index contributed by atoms with van der Waals surface area (Å²) >= 11 is 5.58. The number of alkyl halides is 1. The molecular formula is C13H24ClNO. The molecule has 2 atom stereocenters. The molecule has 94 valence electrons. The predicted octanol–water partition coefficient (Wildman–Crippen LogP) is 2.75. The van der Waals surface area contributed by atoms with Crippen LogP contribution in [0.4, 0.5) is 0 Å². The highest BCUT2D eigenvalue weighted by molar-refractivity contribution is 6.17. The second-order valence-corrected chi connectivity index (χ2v) is 5.57. The van der Waals surface area contributed by atoms with E-state index in [1.54, 1.807) is 0 Å². The molecule has 0 aromatic rings. The van der Waals surface area contributed by atoms with Gasteiger partial charge in [0.1, 0.15) is 0 Å². The van der Waals surface area contributed by atoms with Crippen molar-refractivity contribution in [2.45, 2.75) is 32.1 Å². The van der Waals surface area contributed by atoms with Gasteiger partial charge in [0.05, 0.1) is 13.2 Å². The summed E-state index contributed by atoms with van der Waals surface area (Å²) in [6.07, 6.45) is 7.29. The van der Waals surface area contributed by atoms with E-state index in [9.17, 15) is 0 Å². The molecule has 0 spiro atoms. The van der Waals surface area contributed by atoms with Crippen LogP contribution in [0, 0.1) is 11.8 Å². The van der Waals surface area contributed by atoms with E-state index in [-0.39, 0.29) is 0 Å². The summed E-state index contributed by atoms with van der Waals surface area (Å²) in [5, 5.41) is 0. The Morgan fingerprint density at radius 3 is 2.69 bits per heavy atom. The first-order chi connectivity index (χ1) is 7.90. The zero-order chi connectivity index (χ0) is 11.2. The van der Waals surface area contributed by atoms with Crippen molar-refractivity contribution < 1.29 is 4.74 Å². The highest BCUT2D eigenvalue weighted by Gasteiger charge is 2.30. The van der Waals surface area contributed by atoms with Crippen LogP contribution in [0.2, 0.25) is 0 Å². The lowest BCUT2D eigenvalue weighted by Crippen LogP contribution is -2.43. The summed E-state index contributed by atoms with van der Waals surface area (Å²) in [5.74, 6) is 2.63. The normalized spacial score (nSPS) is 31.3. The average Bonchev–Trinajstić information content (AvgIpc) is 2.34. The molecule has 0 aromatic heterocycles. The lowest BCUT2D eigenvalue weighted by molar-refractivity contribution is 0.0558. The van der Waals surface area contributed by atoms with E-state index >= 15 is 0 Å². The van der Waals surface area contributed by atoms with Crippen LogP contribution in [-0.4, -0.2) is 43.6 Å². The van der Waals surface area contributed by atoms with E-state index in [0.717, 1.165) is 25.0 Å². The number of hydrogen-bond donors (Lipinski definition) is 0. The van der Waals surface area contributed by atoms with Crippen molar-refractivity contribution in [3.05, 3.63) is 0 Å². The lowest BCUT2D eigenvalue weighted by Gasteiger charge is -2.41. The zero-order valence-electron chi connectivity index (χ0n) is 10.2. The van der Waals surface area contributed by atoms with Gasteiger partial charge in [-0.3, -0.25) is 0 Å². The maximum Gasteiger partial charge on any atom is 0.0602 e. The summed E-state index contributed by atoms with van der Waals surface area (Å²) < 4.78 is 5.45. The topological polar surface area (TPSA) is 12.5 Å². The van der Waals surface area contributed by atoms with Gasteiger partial charge in [0.15, 0.2) is 0 Å². The van der Waals surface area contributed by atoms with Crippen molar-refractivity contribution in [3.8, 4) is 0 Å². The molecule has 2 fully saturated rings. The van der Waals surface area contributed by atoms with Crippen molar-refractivity contribution in [2.24, 2.45) is 11.8 Å². The van der Waals surface area contributed by atoms with Gasteiger partial charge in [-0.1, -0.05) is 19.3 Å². The van der Waals surface area contributed by atoms with Gasteiger partial charge < -0.3 is 9.64 Å². The third-order valence-electron chi connectivity index (χ3n) is 4.15. The number of rotatable bonds is 5. The second-order valence-electron chi connectivity index (χ2n) is 5.20. The van der Waals surface area contributed by atoms with Crippen LogP contribution in [0.3, 0.4) is 0 Å². The van der Waals surface area contributed by atoms with Crippen molar-refractivity contribution in [2.75, 3.05) is 38.7 Å². The number of piperidine rings is 1. The van der Waals surface area contributed by atoms with Crippen molar-refractivity contribution in [3.63, 3.8) is 0 Å². The molecule has 3 heteroatoms. The largest absolute Gasteiger partial charge is 0.379 e. The number of nitrogens with zero attached hydrogens (tertiary/aromatic N) is 1. The molecule has 2 nitrogen and oxygen atoms in total. The summed E-state index contributed by atoms with van der Waals surface area (Å²) in [5.41, 5.74) is 0. The quantitative estimate of drug-likeness (QED) is 0.546. The molecule has 0 aromatic carbocycles. The minimum Gasteiger partial charge on any atom is -0.379 e. The molecule has 1 aliphatic heterocycles. The Hall–Kier alpha value is 0.210. The van der Waals surface area contributed by atoms with E-state index in [1.165, 1.54) is 45.2 Å². The zero-order valence-corrected chi connectivity index (χ0v) is 10.9. The highest BCUT2D eigenvalue weighted by atomic mass is 35.5. The number of hydrogen-bond acceptors (Lipinski definition) is 2. The fourth-order valence-electron chi connectivity index (χ4n) is 3.23. The summed E-state index contributed by atoms with van der Waals surface area (Å²) in [7, 11) is 0. The molecule has 0 radical (unpaired) electrons. The Morgan fingerprint density at radius 1 is 1.06 bits per heavy atom. The molecule has 2 aliphatic rings. The molecule has 0 bridgehead atoms. The van der Waals surface area contributed by atoms with Crippen LogP contribution in [0.25, 0.3) is 0 Å². The second kappa shape index (κ2) is 6.83. The third kappa shape index (κ3) is 3.61. The molecular weight excluding hydrogens is 222 g/mol. The Balaban J connectivity index is 1.65. The first-order valence-electron chi connectivity index (χ1n) is 6.76. The van der Waals surface area contributed by atoms with Crippen LogP contribution in [-0.2, 0) is 4.74 Å². The van der Waals surface area contributed by atoms with Gasteiger partial charge >= 0.3 is 0 Å². The smallest absolute Gasteiger partial charge is 0.0602 e. The van der Waals surface area contributed by atoms with Gasteiger partial charge in [-0.25, -0.2) is 0 Å². The molecule has 1 aliphatic carbocycles. The Labute approximate surface area is 104 Å². The van der Waals surface area contributed by atoms with Gasteiger partial charge in [0.25, 0.3) is 0 Å². The van der Waals surface area contributed by atoms with Crippen molar-refractivity contribution >= 4 is 11.6 Å². The van der Waals surface area contributed by atoms with Gasteiger partial charge in [-0.05, 0) is 31.2 Å². The molecule has 1 saturated heterocycles. The number of fused-ring (bicyclic) bond motifs is 1. The van der Waals surface area contributed by atoms with E-state index in [0.29, 0.717) is 12.5 Å². The third-order valence-corrected chi connectivity index (χ3v) is 4.30.